The number of carbonyl (C=O) groups excluding carboxylic acids is 1. The number of ether oxygens (including phenoxy) is 1. The van der Waals surface area contributed by atoms with Crippen molar-refractivity contribution in [3.05, 3.63) is 83.9 Å². The van der Waals surface area contributed by atoms with Gasteiger partial charge in [-0.15, -0.1) is 0 Å². The summed E-state index contributed by atoms with van der Waals surface area (Å²) in [7, 11) is 0. The average molecular weight is 343 g/mol. The summed E-state index contributed by atoms with van der Waals surface area (Å²) in [5.41, 5.74) is 4.18. The average Bonchev–Trinajstić information content (AvgIpc) is 3.00. The number of nitrogens with zero attached hydrogens (tertiary/aromatic N) is 1. The molecule has 0 aliphatic carbocycles. The molecule has 0 saturated carbocycles. The van der Waals surface area contributed by atoms with Gasteiger partial charge < -0.3 is 9.30 Å². The molecule has 0 atom stereocenters. The van der Waals surface area contributed by atoms with Crippen LogP contribution in [0.2, 0.25) is 0 Å². The van der Waals surface area contributed by atoms with Crippen molar-refractivity contribution in [3.63, 3.8) is 0 Å². The molecule has 3 heteroatoms. The number of esters is 1. The largest absolute Gasteiger partial charge is 0.462 e. The van der Waals surface area contributed by atoms with Gasteiger partial charge in [0.25, 0.3) is 0 Å². The number of aryl methyl sites for hydroxylation is 2. The Morgan fingerprint density at radius 1 is 0.885 bits per heavy atom. The second-order valence-electron chi connectivity index (χ2n) is 6.36. The van der Waals surface area contributed by atoms with Crippen molar-refractivity contribution < 1.29 is 9.53 Å². The van der Waals surface area contributed by atoms with Gasteiger partial charge in [0.15, 0.2) is 0 Å². The lowest BCUT2D eigenvalue weighted by molar-refractivity contribution is 0.0526. The van der Waals surface area contributed by atoms with Gasteiger partial charge in [-0.3, -0.25) is 0 Å². The van der Waals surface area contributed by atoms with Gasteiger partial charge in [0.2, 0.25) is 0 Å². The highest BCUT2D eigenvalue weighted by molar-refractivity contribution is 6.09. The normalized spacial score (nSPS) is 11.1. The van der Waals surface area contributed by atoms with Gasteiger partial charge in [0, 0.05) is 28.4 Å². The van der Waals surface area contributed by atoms with Gasteiger partial charge in [-0.05, 0) is 37.1 Å². The van der Waals surface area contributed by atoms with Gasteiger partial charge in [-0.1, -0.05) is 54.6 Å². The van der Waals surface area contributed by atoms with E-state index in [0.29, 0.717) is 12.2 Å². The predicted octanol–water partition coefficient (Wildman–Crippen LogP) is 5.21. The molecule has 4 rings (SSSR count). The van der Waals surface area contributed by atoms with E-state index in [4.69, 9.17) is 4.74 Å². The lowest BCUT2D eigenvalue weighted by atomic mass is 10.1. The highest BCUT2D eigenvalue weighted by atomic mass is 16.5. The van der Waals surface area contributed by atoms with Crippen molar-refractivity contribution >= 4 is 27.8 Å². The molecule has 0 radical (unpaired) electrons. The number of benzene rings is 3. The fourth-order valence-corrected chi connectivity index (χ4v) is 3.52. The van der Waals surface area contributed by atoms with E-state index in [1.807, 2.05) is 31.2 Å². The summed E-state index contributed by atoms with van der Waals surface area (Å²) in [5, 5.41) is 2.38. The Labute approximate surface area is 152 Å². The zero-order valence-corrected chi connectivity index (χ0v) is 14.8. The summed E-state index contributed by atoms with van der Waals surface area (Å²) in [6, 6.07) is 24.7. The van der Waals surface area contributed by atoms with E-state index in [1.54, 1.807) is 0 Å². The molecular formula is C23H21NO2. The van der Waals surface area contributed by atoms with E-state index in [2.05, 4.69) is 53.1 Å². The van der Waals surface area contributed by atoms with Crippen molar-refractivity contribution in [2.75, 3.05) is 6.61 Å². The predicted molar refractivity (Wildman–Crippen MR) is 106 cm³/mol. The zero-order valence-electron chi connectivity index (χ0n) is 14.8. The van der Waals surface area contributed by atoms with E-state index in [0.717, 1.165) is 18.5 Å². The Kier molecular flexibility index (Phi) is 4.44. The third kappa shape index (κ3) is 2.97. The van der Waals surface area contributed by atoms with Crippen LogP contribution in [-0.4, -0.2) is 17.1 Å². The Morgan fingerprint density at radius 2 is 1.62 bits per heavy atom. The maximum atomic E-state index is 12.2. The van der Waals surface area contributed by atoms with Gasteiger partial charge in [-0.25, -0.2) is 4.79 Å². The van der Waals surface area contributed by atoms with E-state index in [-0.39, 0.29) is 5.97 Å². The fourth-order valence-electron chi connectivity index (χ4n) is 3.52. The maximum absolute atomic E-state index is 12.2. The van der Waals surface area contributed by atoms with E-state index in [1.165, 1.54) is 21.9 Å². The van der Waals surface area contributed by atoms with Crippen LogP contribution in [0.1, 0.15) is 22.8 Å². The molecule has 0 unspecified atom stereocenters. The smallest absolute Gasteiger partial charge is 0.338 e. The molecule has 0 N–H and O–H groups in total. The molecule has 1 heterocycles. The molecule has 4 aromatic rings. The van der Waals surface area contributed by atoms with Crippen molar-refractivity contribution in [2.45, 2.75) is 19.9 Å². The number of rotatable bonds is 5. The van der Waals surface area contributed by atoms with Crippen LogP contribution in [0.3, 0.4) is 0 Å². The molecular weight excluding hydrogens is 322 g/mol. The third-order valence-corrected chi connectivity index (χ3v) is 4.75. The topological polar surface area (TPSA) is 31.2 Å². The van der Waals surface area contributed by atoms with E-state index in [9.17, 15) is 4.79 Å². The first-order valence-electron chi connectivity index (χ1n) is 9.00. The fraction of sp³-hybridized carbons (Fsp3) is 0.174. The quantitative estimate of drug-likeness (QED) is 0.466. The van der Waals surface area contributed by atoms with Crippen LogP contribution in [0.4, 0.5) is 0 Å². The molecule has 0 aliphatic rings. The summed E-state index contributed by atoms with van der Waals surface area (Å²) < 4.78 is 7.48. The van der Waals surface area contributed by atoms with Crippen molar-refractivity contribution in [1.29, 1.82) is 0 Å². The SMILES string of the molecule is CCOC(=O)c1ccc2c3ccccc3n(CCc3ccccc3)c2c1. The van der Waals surface area contributed by atoms with Crippen LogP contribution in [0.25, 0.3) is 21.8 Å². The van der Waals surface area contributed by atoms with Crippen molar-refractivity contribution in [2.24, 2.45) is 0 Å². The minimum Gasteiger partial charge on any atom is -0.462 e. The second-order valence-corrected chi connectivity index (χ2v) is 6.36. The lowest BCUT2D eigenvalue weighted by Gasteiger charge is -2.09. The summed E-state index contributed by atoms with van der Waals surface area (Å²) in [6.45, 7) is 3.07. The monoisotopic (exact) mass is 343 g/mol. The van der Waals surface area contributed by atoms with Crippen LogP contribution >= 0.6 is 0 Å². The summed E-state index contributed by atoms with van der Waals surface area (Å²) in [6.07, 6.45) is 0.943. The molecule has 3 aromatic carbocycles. The molecule has 3 nitrogen and oxygen atoms in total. The molecule has 0 spiro atoms. The Bertz CT molecular complexity index is 1060. The van der Waals surface area contributed by atoms with Gasteiger partial charge in [0.1, 0.15) is 0 Å². The first kappa shape index (κ1) is 16.4. The highest BCUT2D eigenvalue weighted by Gasteiger charge is 2.14. The van der Waals surface area contributed by atoms with Crippen LogP contribution in [0.15, 0.2) is 72.8 Å². The number of hydrogen-bond donors (Lipinski definition) is 0. The van der Waals surface area contributed by atoms with Gasteiger partial charge in [-0.2, -0.15) is 0 Å². The molecule has 0 amide bonds. The van der Waals surface area contributed by atoms with E-state index >= 15 is 0 Å². The molecule has 0 aliphatic heterocycles. The maximum Gasteiger partial charge on any atom is 0.338 e. The Morgan fingerprint density at radius 3 is 2.42 bits per heavy atom. The summed E-state index contributed by atoms with van der Waals surface area (Å²) in [5.74, 6) is -0.269. The minimum atomic E-state index is -0.269. The lowest BCUT2D eigenvalue weighted by Crippen LogP contribution is -2.05. The standard InChI is InChI=1S/C23H21NO2/c1-2-26-23(25)18-12-13-20-19-10-6-7-11-21(19)24(22(20)16-18)15-14-17-8-4-3-5-9-17/h3-13,16H,2,14-15H2,1H3. The minimum absolute atomic E-state index is 0.269. The molecule has 130 valence electrons. The van der Waals surface area contributed by atoms with Gasteiger partial charge >= 0.3 is 5.97 Å². The number of para-hydroxylation sites is 1. The first-order valence-corrected chi connectivity index (χ1v) is 9.00. The summed E-state index contributed by atoms with van der Waals surface area (Å²) >= 11 is 0. The summed E-state index contributed by atoms with van der Waals surface area (Å²) in [4.78, 5) is 12.2. The van der Waals surface area contributed by atoms with Crippen LogP contribution in [-0.2, 0) is 17.7 Å². The van der Waals surface area contributed by atoms with Crippen LogP contribution < -0.4 is 0 Å². The second kappa shape index (κ2) is 7.04. The molecule has 0 bridgehead atoms. The number of hydrogen-bond acceptors (Lipinski definition) is 2. The number of carbonyl (C=O) groups is 1. The highest BCUT2D eigenvalue weighted by Crippen LogP contribution is 2.30. The zero-order chi connectivity index (χ0) is 17.9. The van der Waals surface area contributed by atoms with Crippen molar-refractivity contribution in [3.8, 4) is 0 Å². The third-order valence-electron chi connectivity index (χ3n) is 4.75. The van der Waals surface area contributed by atoms with E-state index < -0.39 is 0 Å². The Hall–Kier alpha value is -3.07. The molecule has 1 aromatic heterocycles. The first-order chi connectivity index (χ1) is 12.8. The van der Waals surface area contributed by atoms with Gasteiger partial charge in [0.05, 0.1) is 12.2 Å². The molecule has 0 saturated heterocycles. The molecule has 26 heavy (non-hydrogen) atoms. The van der Waals surface area contributed by atoms with Crippen molar-refractivity contribution in [1.82, 2.24) is 4.57 Å². The molecule has 0 fully saturated rings. The van der Waals surface area contributed by atoms with Crippen LogP contribution in [0, 0.1) is 0 Å². The Balaban J connectivity index is 1.81. The number of aromatic nitrogens is 1. The van der Waals surface area contributed by atoms with Crippen LogP contribution in [0.5, 0.6) is 0 Å². The number of fused-ring (bicyclic) bond motifs is 3.